The monoisotopic (exact) mass is 211 g/mol. The molecular weight excluding hydrogens is 207 g/mol. The first-order valence-corrected chi connectivity index (χ1v) is 4.54. The van der Waals surface area contributed by atoms with E-state index in [4.69, 9.17) is 0 Å². The van der Waals surface area contributed by atoms with Crippen LogP contribution in [-0.2, 0) is 10.0 Å². The van der Waals surface area contributed by atoms with Gasteiger partial charge in [0.1, 0.15) is 10.7 Å². The van der Waals surface area contributed by atoms with E-state index in [1.54, 1.807) is 0 Å². The lowest BCUT2D eigenvalue weighted by Gasteiger charge is -2.00. The van der Waals surface area contributed by atoms with Crippen LogP contribution in [0.3, 0.4) is 0 Å². The SMILES string of the molecule is NS(=O)(=O)c1cc(F)cc(F)c1F. The van der Waals surface area contributed by atoms with Gasteiger partial charge in [0.05, 0.1) is 0 Å². The molecule has 0 aromatic heterocycles. The molecule has 0 atom stereocenters. The maximum Gasteiger partial charge on any atom is 0.241 e. The Morgan fingerprint density at radius 1 is 1.15 bits per heavy atom. The molecule has 0 unspecified atom stereocenters. The largest absolute Gasteiger partial charge is 0.241 e. The number of hydrogen-bond acceptors (Lipinski definition) is 2. The van der Waals surface area contributed by atoms with Gasteiger partial charge in [-0.3, -0.25) is 0 Å². The van der Waals surface area contributed by atoms with E-state index in [0.717, 1.165) is 0 Å². The molecule has 0 aliphatic heterocycles. The average Bonchev–Trinajstić information content (AvgIpc) is 1.94. The van der Waals surface area contributed by atoms with Gasteiger partial charge in [-0.1, -0.05) is 0 Å². The number of hydrogen-bond donors (Lipinski definition) is 1. The molecule has 0 heterocycles. The molecule has 0 aliphatic rings. The molecule has 0 spiro atoms. The van der Waals surface area contributed by atoms with E-state index < -0.39 is 32.4 Å². The van der Waals surface area contributed by atoms with Gasteiger partial charge in [0.25, 0.3) is 0 Å². The van der Waals surface area contributed by atoms with Crippen molar-refractivity contribution in [1.82, 2.24) is 0 Å². The molecule has 0 bridgehead atoms. The highest BCUT2D eigenvalue weighted by molar-refractivity contribution is 7.89. The quantitative estimate of drug-likeness (QED) is 0.697. The highest BCUT2D eigenvalue weighted by atomic mass is 32.2. The van der Waals surface area contributed by atoms with Crippen LogP contribution in [0.15, 0.2) is 17.0 Å². The van der Waals surface area contributed by atoms with Gasteiger partial charge in [-0.15, -0.1) is 0 Å². The summed E-state index contributed by atoms with van der Waals surface area (Å²) in [6.45, 7) is 0. The summed E-state index contributed by atoms with van der Waals surface area (Å²) in [4.78, 5) is -1.19. The van der Waals surface area contributed by atoms with Crippen molar-refractivity contribution in [2.45, 2.75) is 4.90 Å². The van der Waals surface area contributed by atoms with Crippen molar-refractivity contribution in [3.8, 4) is 0 Å². The first-order valence-electron chi connectivity index (χ1n) is 2.99. The predicted molar refractivity (Wildman–Crippen MR) is 37.7 cm³/mol. The summed E-state index contributed by atoms with van der Waals surface area (Å²) in [5.41, 5.74) is 0. The molecule has 0 aliphatic carbocycles. The van der Waals surface area contributed by atoms with Crippen LogP contribution in [0.1, 0.15) is 0 Å². The van der Waals surface area contributed by atoms with Crippen molar-refractivity contribution in [3.05, 3.63) is 29.6 Å². The molecule has 2 N–H and O–H groups in total. The number of halogens is 3. The lowest BCUT2D eigenvalue weighted by molar-refractivity contribution is 0.471. The zero-order valence-corrected chi connectivity index (χ0v) is 6.91. The molecule has 1 aromatic carbocycles. The molecule has 13 heavy (non-hydrogen) atoms. The van der Waals surface area contributed by atoms with Crippen molar-refractivity contribution in [2.24, 2.45) is 5.14 Å². The normalized spacial score (nSPS) is 11.7. The molecule has 0 radical (unpaired) electrons. The lowest BCUT2D eigenvalue weighted by atomic mass is 10.3. The van der Waals surface area contributed by atoms with Gasteiger partial charge >= 0.3 is 0 Å². The average molecular weight is 211 g/mol. The molecule has 0 amide bonds. The third kappa shape index (κ3) is 1.99. The van der Waals surface area contributed by atoms with E-state index in [2.05, 4.69) is 5.14 Å². The van der Waals surface area contributed by atoms with Gasteiger partial charge in [0.15, 0.2) is 11.6 Å². The zero-order chi connectivity index (χ0) is 10.2. The number of sulfonamides is 1. The van der Waals surface area contributed by atoms with E-state index in [1.807, 2.05) is 0 Å². The highest BCUT2D eigenvalue weighted by Crippen LogP contribution is 2.17. The van der Waals surface area contributed by atoms with Gasteiger partial charge in [0.2, 0.25) is 10.0 Å². The predicted octanol–water partition coefficient (Wildman–Crippen LogP) is 0.751. The summed E-state index contributed by atoms with van der Waals surface area (Å²) in [6.07, 6.45) is 0. The fourth-order valence-electron chi connectivity index (χ4n) is 0.739. The van der Waals surface area contributed by atoms with Crippen LogP contribution in [0.4, 0.5) is 13.2 Å². The van der Waals surface area contributed by atoms with E-state index in [1.165, 1.54) is 0 Å². The summed E-state index contributed by atoms with van der Waals surface area (Å²) in [6, 6.07) is 0.539. The third-order valence-corrected chi connectivity index (χ3v) is 2.18. The molecule has 1 aromatic rings. The molecule has 0 saturated carbocycles. The molecule has 1 rings (SSSR count). The second-order valence-corrected chi connectivity index (χ2v) is 3.77. The topological polar surface area (TPSA) is 60.2 Å². The van der Waals surface area contributed by atoms with Crippen LogP contribution < -0.4 is 5.14 Å². The van der Waals surface area contributed by atoms with Crippen molar-refractivity contribution in [2.75, 3.05) is 0 Å². The summed E-state index contributed by atoms with van der Waals surface area (Å²) in [5, 5.41) is 4.49. The lowest BCUT2D eigenvalue weighted by Crippen LogP contribution is -2.15. The van der Waals surface area contributed by atoms with Crippen LogP contribution in [0.25, 0.3) is 0 Å². The molecule has 7 heteroatoms. The van der Waals surface area contributed by atoms with Crippen molar-refractivity contribution in [3.63, 3.8) is 0 Å². The first kappa shape index (κ1) is 10.0. The Morgan fingerprint density at radius 2 is 1.69 bits per heavy atom. The van der Waals surface area contributed by atoms with E-state index in [0.29, 0.717) is 6.07 Å². The first-order chi connectivity index (χ1) is 5.82. The second-order valence-electron chi connectivity index (χ2n) is 2.24. The minimum absolute atomic E-state index is 0.226. The number of benzene rings is 1. The highest BCUT2D eigenvalue weighted by Gasteiger charge is 2.19. The van der Waals surface area contributed by atoms with Crippen LogP contribution in [-0.4, -0.2) is 8.42 Å². The number of nitrogens with two attached hydrogens (primary N) is 1. The minimum atomic E-state index is -4.43. The maximum atomic E-state index is 12.7. The Morgan fingerprint density at radius 3 is 2.15 bits per heavy atom. The molecular formula is C6H4F3NO2S. The van der Waals surface area contributed by atoms with Gasteiger partial charge in [-0.25, -0.2) is 26.7 Å². The fraction of sp³-hybridized carbons (Fsp3) is 0. The summed E-state index contributed by atoms with van der Waals surface area (Å²) in [5.74, 6) is -4.48. The standard InChI is InChI=1S/C6H4F3NO2S/c7-3-1-4(8)6(9)5(2-3)13(10,11)12/h1-2H,(H2,10,11,12). The third-order valence-electron chi connectivity index (χ3n) is 1.27. The van der Waals surface area contributed by atoms with Gasteiger partial charge < -0.3 is 0 Å². The van der Waals surface area contributed by atoms with Crippen LogP contribution in [0.5, 0.6) is 0 Å². The summed E-state index contributed by atoms with van der Waals surface area (Å²) in [7, 11) is -4.43. The Labute approximate surface area is 72.0 Å². The maximum absolute atomic E-state index is 12.7. The minimum Gasteiger partial charge on any atom is -0.225 e. The molecule has 0 saturated heterocycles. The fourth-order valence-corrected chi connectivity index (χ4v) is 1.36. The summed E-state index contributed by atoms with van der Waals surface area (Å²) >= 11 is 0. The molecule has 72 valence electrons. The smallest absolute Gasteiger partial charge is 0.225 e. The van der Waals surface area contributed by atoms with E-state index in [9.17, 15) is 21.6 Å². The van der Waals surface area contributed by atoms with E-state index >= 15 is 0 Å². The van der Waals surface area contributed by atoms with Gasteiger partial charge in [-0.05, 0) is 6.07 Å². The molecule has 0 fully saturated rings. The van der Waals surface area contributed by atoms with Gasteiger partial charge in [0, 0.05) is 6.07 Å². The molecule has 3 nitrogen and oxygen atoms in total. The Hall–Kier alpha value is -1.08. The second kappa shape index (κ2) is 3.00. The van der Waals surface area contributed by atoms with E-state index in [-0.39, 0.29) is 6.07 Å². The van der Waals surface area contributed by atoms with Gasteiger partial charge in [-0.2, -0.15) is 0 Å². The number of rotatable bonds is 1. The van der Waals surface area contributed by atoms with Crippen molar-refractivity contribution < 1.29 is 21.6 Å². The Kier molecular flexibility index (Phi) is 2.31. The van der Waals surface area contributed by atoms with Crippen molar-refractivity contribution in [1.29, 1.82) is 0 Å². The zero-order valence-electron chi connectivity index (χ0n) is 6.09. The van der Waals surface area contributed by atoms with Crippen molar-refractivity contribution >= 4 is 10.0 Å². The van der Waals surface area contributed by atoms with Crippen LogP contribution in [0.2, 0.25) is 0 Å². The number of primary sulfonamides is 1. The Balaban J connectivity index is 3.56. The van der Waals surface area contributed by atoms with Crippen LogP contribution in [0, 0.1) is 17.5 Å². The Bertz CT molecular complexity index is 443. The summed E-state index contributed by atoms with van der Waals surface area (Å²) < 4.78 is 58.6. The van der Waals surface area contributed by atoms with Crippen LogP contribution >= 0.6 is 0 Å².